The van der Waals surface area contributed by atoms with Crippen LogP contribution in [-0.4, -0.2) is 42.3 Å². The number of nitrogens with zero attached hydrogens (tertiary/aromatic N) is 2. The number of piperidine rings is 1. The second-order valence-corrected chi connectivity index (χ2v) is 7.92. The third-order valence-corrected chi connectivity index (χ3v) is 5.03. The van der Waals surface area contributed by atoms with Crippen molar-refractivity contribution in [3.63, 3.8) is 0 Å². The Bertz CT molecular complexity index is 682. The number of para-hydroxylation sites is 2. The number of benzene rings is 1. The van der Waals surface area contributed by atoms with E-state index in [1.54, 1.807) is 0 Å². The molecule has 1 fully saturated rings. The van der Waals surface area contributed by atoms with Gasteiger partial charge in [-0.3, -0.25) is 0 Å². The molecule has 1 spiro atoms. The van der Waals surface area contributed by atoms with Crippen molar-refractivity contribution in [3.8, 4) is 0 Å². The minimum atomic E-state index is -0.455. The summed E-state index contributed by atoms with van der Waals surface area (Å²) in [6.07, 6.45) is 3.70. The Labute approximate surface area is 150 Å². The molecule has 0 atom stereocenters. The summed E-state index contributed by atoms with van der Waals surface area (Å²) in [5.74, 6) is 0. The second kappa shape index (κ2) is 6.28. The summed E-state index contributed by atoms with van der Waals surface area (Å²) in [7, 11) is 2.12. The molecule has 0 aromatic heterocycles. The van der Waals surface area contributed by atoms with Gasteiger partial charge >= 0.3 is 6.09 Å². The molecule has 2 aliphatic rings. The summed E-state index contributed by atoms with van der Waals surface area (Å²) < 4.78 is 5.53. The Kier molecular flexibility index (Phi) is 4.43. The van der Waals surface area contributed by atoms with Crippen molar-refractivity contribution in [2.24, 2.45) is 0 Å². The fourth-order valence-electron chi connectivity index (χ4n) is 3.89. The number of likely N-dealkylation sites (N-methyl/N-ethyl adjacent to an activating group) is 1. The lowest BCUT2D eigenvalue weighted by atomic mass is 9.81. The first-order chi connectivity index (χ1) is 11.8. The van der Waals surface area contributed by atoms with Crippen LogP contribution in [0, 0.1) is 0 Å². The molecule has 0 saturated carbocycles. The van der Waals surface area contributed by atoms with Gasteiger partial charge in [-0.15, -0.1) is 0 Å². The van der Waals surface area contributed by atoms with E-state index in [-0.39, 0.29) is 11.6 Å². The van der Waals surface area contributed by atoms with Gasteiger partial charge in [0, 0.05) is 25.8 Å². The SMILES string of the molecule is C/C=C1\N(C)c2ccccc2NC12CCN(C(=O)OC(C)(C)C)CC2. The van der Waals surface area contributed by atoms with Gasteiger partial charge in [0.2, 0.25) is 0 Å². The molecular weight excluding hydrogens is 314 g/mol. The highest BCUT2D eigenvalue weighted by Gasteiger charge is 2.44. The number of rotatable bonds is 0. The van der Waals surface area contributed by atoms with E-state index in [2.05, 4.69) is 54.5 Å². The fourth-order valence-corrected chi connectivity index (χ4v) is 3.89. The van der Waals surface area contributed by atoms with Gasteiger partial charge in [-0.05, 0) is 52.7 Å². The topological polar surface area (TPSA) is 44.8 Å². The standard InChI is InChI=1S/C20H29N3O2/c1-6-17-20(21-15-9-7-8-10-16(15)22(17)5)11-13-23(14-12-20)18(24)25-19(2,3)4/h6-10,21H,11-14H2,1-5H3/b17-6-. The predicted octanol–water partition coefficient (Wildman–Crippen LogP) is 4.22. The van der Waals surface area contributed by atoms with E-state index in [4.69, 9.17) is 4.74 Å². The highest BCUT2D eigenvalue weighted by atomic mass is 16.6. The van der Waals surface area contributed by atoms with Crippen LogP contribution in [0.3, 0.4) is 0 Å². The van der Waals surface area contributed by atoms with Crippen LogP contribution in [0.5, 0.6) is 0 Å². The summed E-state index contributed by atoms with van der Waals surface area (Å²) in [6, 6.07) is 8.38. The smallest absolute Gasteiger partial charge is 0.410 e. The van der Waals surface area contributed by atoms with Crippen LogP contribution in [0.2, 0.25) is 0 Å². The number of likely N-dealkylation sites (tertiary alicyclic amines) is 1. The van der Waals surface area contributed by atoms with Crippen molar-refractivity contribution in [2.75, 3.05) is 30.4 Å². The van der Waals surface area contributed by atoms with Gasteiger partial charge < -0.3 is 19.9 Å². The molecule has 1 saturated heterocycles. The van der Waals surface area contributed by atoms with Gasteiger partial charge in [0.25, 0.3) is 0 Å². The molecule has 1 N–H and O–H groups in total. The van der Waals surface area contributed by atoms with E-state index >= 15 is 0 Å². The molecule has 2 aliphatic heterocycles. The molecule has 3 rings (SSSR count). The minimum Gasteiger partial charge on any atom is -0.444 e. The van der Waals surface area contributed by atoms with Crippen molar-refractivity contribution in [1.29, 1.82) is 0 Å². The molecule has 25 heavy (non-hydrogen) atoms. The zero-order valence-electron chi connectivity index (χ0n) is 15.9. The second-order valence-electron chi connectivity index (χ2n) is 7.92. The van der Waals surface area contributed by atoms with Crippen LogP contribution in [0.25, 0.3) is 0 Å². The summed E-state index contributed by atoms with van der Waals surface area (Å²) in [4.78, 5) is 16.5. The van der Waals surface area contributed by atoms with Gasteiger partial charge in [0.15, 0.2) is 0 Å². The highest BCUT2D eigenvalue weighted by Crippen LogP contribution is 2.44. The van der Waals surface area contributed by atoms with E-state index < -0.39 is 5.60 Å². The van der Waals surface area contributed by atoms with E-state index in [9.17, 15) is 4.79 Å². The van der Waals surface area contributed by atoms with Crippen molar-refractivity contribution in [3.05, 3.63) is 36.0 Å². The van der Waals surface area contributed by atoms with E-state index in [0.717, 1.165) is 18.5 Å². The largest absolute Gasteiger partial charge is 0.444 e. The molecule has 1 aromatic carbocycles. The molecule has 0 radical (unpaired) electrons. The number of anilines is 2. The lowest BCUT2D eigenvalue weighted by Crippen LogP contribution is -2.56. The number of hydrogen-bond donors (Lipinski definition) is 1. The molecule has 0 unspecified atom stereocenters. The molecule has 5 nitrogen and oxygen atoms in total. The van der Waals surface area contributed by atoms with Crippen LogP contribution in [0.4, 0.5) is 16.2 Å². The van der Waals surface area contributed by atoms with Crippen molar-refractivity contribution in [1.82, 2.24) is 4.90 Å². The number of allylic oxidation sites excluding steroid dienone is 1. The monoisotopic (exact) mass is 343 g/mol. The Morgan fingerprint density at radius 3 is 2.48 bits per heavy atom. The van der Waals surface area contributed by atoms with Crippen molar-refractivity contribution in [2.45, 2.75) is 51.7 Å². The maximum Gasteiger partial charge on any atom is 0.410 e. The van der Waals surface area contributed by atoms with Crippen LogP contribution < -0.4 is 10.2 Å². The lowest BCUT2D eigenvalue weighted by Gasteiger charge is -2.50. The van der Waals surface area contributed by atoms with Gasteiger partial charge in [-0.2, -0.15) is 0 Å². The number of carbonyl (C=O) groups excluding carboxylic acids is 1. The molecule has 1 amide bonds. The molecule has 1 aromatic rings. The number of hydrogen-bond acceptors (Lipinski definition) is 4. The van der Waals surface area contributed by atoms with E-state index in [1.165, 1.54) is 11.4 Å². The quantitative estimate of drug-likeness (QED) is 0.766. The van der Waals surface area contributed by atoms with Crippen LogP contribution in [-0.2, 0) is 4.74 Å². The van der Waals surface area contributed by atoms with E-state index in [1.807, 2.05) is 25.7 Å². The van der Waals surface area contributed by atoms with Crippen LogP contribution in [0.15, 0.2) is 36.0 Å². The minimum absolute atomic E-state index is 0.129. The first kappa shape index (κ1) is 17.6. The molecule has 0 bridgehead atoms. The number of ether oxygens (including phenoxy) is 1. The lowest BCUT2D eigenvalue weighted by molar-refractivity contribution is 0.0188. The summed E-state index contributed by atoms with van der Waals surface area (Å²) >= 11 is 0. The zero-order chi connectivity index (χ0) is 18.2. The average Bonchev–Trinajstić information content (AvgIpc) is 2.54. The summed E-state index contributed by atoms with van der Waals surface area (Å²) in [5.41, 5.74) is 3.03. The fraction of sp³-hybridized carbons (Fsp3) is 0.550. The molecular formula is C20H29N3O2. The first-order valence-electron chi connectivity index (χ1n) is 9.01. The third kappa shape index (κ3) is 3.32. The Balaban J connectivity index is 1.79. The van der Waals surface area contributed by atoms with Gasteiger partial charge in [0.05, 0.1) is 16.9 Å². The summed E-state index contributed by atoms with van der Waals surface area (Å²) in [5, 5.41) is 3.76. The third-order valence-electron chi connectivity index (χ3n) is 5.03. The van der Waals surface area contributed by atoms with Crippen molar-refractivity contribution < 1.29 is 9.53 Å². The predicted molar refractivity (Wildman–Crippen MR) is 102 cm³/mol. The zero-order valence-corrected chi connectivity index (χ0v) is 15.9. The number of fused-ring (bicyclic) bond motifs is 1. The number of nitrogens with one attached hydrogen (secondary N) is 1. The average molecular weight is 343 g/mol. The molecule has 5 heteroatoms. The number of amides is 1. The Morgan fingerprint density at radius 2 is 1.88 bits per heavy atom. The van der Waals surface area contributed by atoms with Gasteiger partial charge in [-0.25, -0.2) is 4.79 Å². The highest BCUT2D eigenvalue weighted by molar-refractivity contribution is 5.78. The normalized spacial score (nSPS) is 21.1. The maximum absolute atomic E-state index is 12.4. The number of carbonyl (C=O) groups is 1. The van der Waals surface area contributed by atoms with Gasteiger partial charge in [0.1, 0.15) is 5.60 Å². The van der Waals surface area contributed by atoms with Crippen LogP contribution >= 0.6 is 0 Å². The molecule has 0 aliphatic carbocycles. The van der Waals surface area contributed by atoms with E-state index in [0.29, 0.717) is 13.1 Å². The first-order valence-corrected chi connectivity index (χ1v) is 9.01. The maximum atomic E-state index is 12.4. The van der Waals surface area contributed by atoms with Gasteiger partial charge in [-0.1, -0.05) is 18.2 Å². The van der Waals surface area contributed by atoms with Crippen molar-refractivity contribution >= 4 is 17.5 Å². The molecule has 136 valence electrons. The van der Waals surface area contributed by atoms with Crippen LogP contribution in [0.1, 0.15) is 40.5 Å². The molecule has 2 heterocycles. The Hall–Kier alpha value is -2.17. The summed E-state index contributed by atoms with van der Waals surface area (Å²) in [6.45, 7) is 9.18. The Morgan fingerprint density at radius 1 is 1.24 bits per heavy atom.